The number of carbonyl (C=O) groups excluding carboxylic acids is 1. The average molecular weight is 350 g/mol. The van der Waals surface area contributed by atoms with Crippen molar-refractivity contribution >= 4 is 39.2 Å². The van der Waals surface area contributed by atoms with Crippen LogP contribution in [0.25, 0.3) is 21.9 Å². The first kappa shape index (κ1) is 16.9. The Morgan fingerprint density at radius 3 is 2.80 bits per heavy atom. The minimum atomic E-state index is -1.09. The largest absolute Gasteiger partial charge is 0.550 e. The van der Waals surface area contributed by atoms with Crippen molar-refractivity contribution in [3.63, 3.8) is 0 Å². The summed E-state index contributed by atoms with van der Waals surface area (Å²) in [6, 6.07) is 11.8. The molecule has 126 valence electrons. The molecule has 0 aliphatic carbocycles. The number of aromatic nitrogens is 2. The fourth-order valence-electron chi connectivity index (χ4n) is 2.65. The molecule has 6 heteroatoms. The normalized spacial score (nSPS) is 11.6. The Bertz CT molecular complexity index is 988. The van der Waals surface area contributed by atoms with Crippen molar-refractivity contribution in [2.24, 2.45) is 7.05 Å². The summed E-state index contributed by atoms with van der Waals surface area (Å²) in [5, 5.41) is 20.9. The summed E-state index contributed by atoms with van der Waals surface area (Å²) in [5.41, 5.74) is 4.13. The highest BCUT2D eigenvalue weighted by Crippen LogP contribution is 2.31. The fraction of sp³-hybridized carbons (Fsp3) is 0.211. The van der Waals surface area contributed by atoms with Crippen molar-refractivity contribution in [3.05, 3.63) is 52.3 Å². The van der Waals surface area contributed by atoms with E-state index in [4.69, 9.17) is 0 Å². The molecule has 0 unspecified atom stereocenters. The van der Waals surface area contributed by atoms with Crippen LogP contribution in [0.1, 0.15) is 34.8 Å². The molecule has 0 aliphatic rings. The third kappa shape index (κ3) is 3.47. The summed E-state index contributed by atoms with van der Waals surface area (Å²) < 4.78 is 2.87. The number of aliphatic carboxylic acids is 1. The van der Waals surface area contributed by atoms with Gasteiger partial charge in [-0.1, -0.05) is 12.1 Å². The van der Waals surface area contributed by atoms with Gasteiger partial charge in [0.2, 0.25) is 0 Å². The van der Waals surface area contributed by atoms with E-state index in [0.717, 1.165) is 32.1 Å². The van der Waals surface area contributed by atoms with Gasteiger partial charge in [0.1, 0.15) is 16.8 Å². The maximum absolute atomic E-state index is 10.9. The van der Waals surface area contributed by atoms with Crippen LogP contribution in [0.3, 0.4) is 0 Å². The number of rotatable bonds is 5. The minimum absolute atomic E-state index is 0.0707. The van der Waals surface area contributed by atoms with Crippen molar-refractivity contribution in [1.82, 2.24) is 9.55 Å². The number of thiazole rings is 1. The van der Waals surface area contributed by atoms with Gasteiger partial charge < -0.3 is 14.5 Å². The van der Waals surface area contributed by atoms with E-state index in [0.29, 0.717) is 12.1 Å². The number of hydrogen-bond donors (Lipinski definition) is 0. The average Bonchev–Trinajstić information content (AvgIpc) is 3.14. The molecule has 0 saturated carbocycles. The summed E-state index contributed by atoms with van der Waals surface area (Å²) >= 11 is 1.53. The lowest BCUT2D eigenvalue weighted by atomic mass is 10.1. The maximum atomic E-state index is 10.9. The minimum Gasteiger partial charge on any atom is -0.550 e. The van der Waals surface area contributed by atoms with Crippen LogP contribution in [0.15, 0.2) is 30.3 Å². The van der Waals surface area contributed by atoms with Crippen molar-refractivity contribution in [3.8, 4) is 6.07 Å². The van der Waals surface area contributed by atoms with Gasteiger partial charge in [0.15, 0.2) is 0 Å². The number of nitrogens with zero attached hydrogens (tertiary/aromatic N) is 3. The van der Waals surface area contributed by atoms with Gasteiger partial charge in [-0.3, -0.25) is 0 Å². The van der Waals surface area contributed by atoms with Gasteiger partial charge in [-0.05, 0) is 55.2 Å². The number of benzene rings is 1. The van der Waals surface area contributed by atoms with Crippen LogP contribution in [-0.4, -0.2) is 15.5 Å². The molecule has 0 saturated heterocycles. The Kier molecular flexibility index (Phi) is 4.68. The number of hydrogen-bond acceptors (Lipinski definition) is 5. The highest BCUT2D eigenvalue weighted by atomic mass is 32.1. The molecule has 3 rings (SSSR count). The first-order chi connectivity index (χ1) is 12.0. The molecule has 0 bridgehead atoms. The second-order valence-corrected chi connectivity index (χ2v) is 6.80. The Hall–Kier alpha value is -2.91. The zero-order valence-electron chi connectivity index (χ0n) is 13.9. The van der Waals surface area contributed by atoms with Gasteiger partial charge in [-0.15, -0.1) is 11.3 Å². The number of fused-ring (bicyclic) bond motifs is 1. The lowest BCUT2D eigenvalue weighted by molar-refractivity contribution is -0.305. The number of carboxylic acids is 1. The molecule has 1 aromatic carbocycles. The molecule has 0 atom stereocenters. The molecule has 2 aromatic heterocycles. The standard InChI is InChI=1S/C19H17N3O2S/c1-12-14(10-15(11-20)22(12)2)9-13(7-8-18(23)24)19-21-16-5-3-4-6-17(16)25-19/h3-6,9-10H,7-8H2,1-2H3,(H,23,24)/p-1/b13-9+. The number of allylic oxidation sites excluding steroid dienone is 1. The van der Waals surface area contributed by atoms with Gasteiger partial charge in [0.25, 0.3) is 0 Å². The van der Waals surface area contributed by atoms with Gasteiger partial charge in [0.05, 0.1) is 10.2 Å². The van der Waals surface area contributed by atoms with Crippen LogP contribution < -0.4 is 5.11 Å². The topological polar surface area (TPSA) is 81.7 Å². The molecule has 2 heterocycles. The van der Waals surface area contributed by atoms with Gasteiger partial charge in [-0.2, -0.15) is 5.26 Å². The van der Waals surface area contributed by atoms with E-state index in [2.05, 4.69) is 11.1 Å². The van der Waals surface area contributed by atoms with Crippen molar-refractivity contribution < 1.29 is 9.90 Å². The molecular weight excluding hydrogens is 334 g/mol. The summed E-state index contributed by atoms with van der Waals surface area (Å²) in [4.78, 5) is 15.6. The van der Waals surface area contributed by atoms with Crippen LogP contribution in [0.2, 0.25) is 0 Å². The third-order valence-electron chi connectivity index (χ3n) is 4.19. The number of nitriles is 1. The van der Waals surface area contributed by atoms with Gasteiger partial charge >= 0.3 is 0 Å². The zero-order chi connectivity index (χ0) is 18.0. The van der Waals surface area contributed by atoms with Crippen LogP contribution in [0, 0.1) is 18.3 Å². The van der Waals surface area contributed by atoms with Crippen LogP contribution in [-0.2, 0) is 11.8 Å². The highest BCUT2D eigenvalue weighted by molar-refractivity contribution is 7.19. The van der Waals surface area contributed by atoms with E-state index in [9.17, 15) is 15.2 Å². The van der Waals surface area contributed by atoms with E-state index in [1.807, 2.05) is 54.9 Å². The Labute approximate surface area is 149 Å². The van der Waals surface area contributed by atoms with Crippen LogP contribution in [0.4, 0.5) is 0 Å². The first-order valence-corrected chi connectivity index (χ1v) is 8.64. The monoisotopic (exact) mass is 350 g/mol. The quantitative estimate of drug-likeness (QED) is 0.708. The van der Waals surface area contributed by atoms with Gasteiger partial charge in [0, 0.05) is 18.7 Å². The molecule has 0 fully saturated rings. The molecule has 25 heavy (non-hydrogen) atoms. The van der Waals surface area contributed by atoms with Gasteiger partial charge in [-0.25, -0.2) is 4.98 Å². The second kappa shape index (κ2) is 6.91. The van der Waals surface area contributed by atoms with Crippen molar-refractivity contribution in [1.29, 1.82) is 5.26 Å². The Balaban J connectivity index is 2.08. The van der Waals surface area contributed by atoms with E-state index in [1.165, 1.54) is 11.3 Å². The third-order valence-corrected chi connectivity index (χ3v) is 5.30. The second-order valence-electron chi connectivity index (χ2n) is 5.77. The SMILES string of the molecule is Cc1c(/C=C(\CCC(=O)[O-])c2nc3ccccc3s2)cc(C#N)n1C. The smallest absolute Gasteiger partial charge is 0.120 e. The van der Waals surface area contributed by atoms with E-state index in [-0.39, 0.29) is 6.42 Å². The first-order valence-electron chi connectivity index (χ1n) is 7.82. The highest BCUT2D eigenvalue weighted by Gasteiger charge is 2.12. The lowest BCUT2D eigenvalue weighted by Crippen LogP contribution is -2.21. The van der Waals surface area contributed by atoms with Crippen molar-refractivity contribution in [2.75, 3.05) is 0 Å². The Morgan fingerprint density at radius 2 is 2.16 bits per heavy atom. The number of carboxylic acid groups (broad SMARTS) is 1. The van der Waals surface area contributed by atoms with Crippen LogP contribution >= 0.6 is 11.3 Å². The molecule has 0 N–H and O–H groups in total. The summed E-state index contributed by atoms with van der Waals surface area (Å²) in [6.07, 6.45) is 2.19. The van der Waals surface area contributed by atoms with Crippen molar-refractivity contribution in [2.45, 2.75) is 19.8 Å². The molecule has 3 aromatic rings. The summed E-state index contributed by atoms with van der Waals surface area (Å²) in [7, 11) is 1.84. The fourth-order valence-corrected chi connectivity index (χ4v) is 3.66. The maximum Gasteiger partial charge on any atom is 0.120 e. The molecule has 5 nitrogen and oxygen atoms in total. The molecule has 0 amide bonds. The predicted octanol–water partition coefficient (Wildman–Crippen LogP) is 2.89. The number of para-hydroxylation sites is 1. The Morgan fingerprint density at radius 1 is 1.40 bits per heavy atom. The lowest BCUT2D eigenvalue weighted by Gasteiger charge is -2.06. The van der Waals surface area contributed by atoms with Crippen LogP contribution in [0.5, 0.6) is 0 Å². The molecule has 0 radical (unpaired) electrons. The molecule has 0 aliphatic heterocycles. The summed E-state index contributed by atoms with van der Waals surface area (Å²) in [5.74, 6) is -1.09. The predicted molar refractivity (Wildman–Crippen MR) is 96.6 cm³/mol. The van der Waals surface area contributed by atoms with E-state index < -0.39 is 5.97 Å². The summed E-state index contributed by atoms with van der Waals surface area (Å²) in [6.45, 7) is 1.93. The zero-order valence-corrected chi connectivity index (χ0v) is 14.8. The van der Waals surface area contributed by atoms with E-state index >= 15 is 0 Å². The molecule has 0 spiro atoms. The number of carbonyl (C=O) groups is 1. The van der Waals surface area contributed by atoms with E-state index in [1.54, 1.807) is 0 Å². The molecular formula is C19H16N3O2S-.